The fraction of sp³-hybridized carbons (Fsp3) is 0.889. The van der Waals surface area contributed by atoms with E-state index >= 15 is 0 Å². The minimum Gasteiger partial charge on any atom is -0.394 e. The fourth-order valence-electron chi connectivity index (χ4n) is 1.91. The summed E-state index contributed by atoms with van der Waals surface area (Å²) in [7, 11) is 1.44. The number of ether oxygens (including phenoxy) is 2. The highest BCUT2D eigenvalue weighted by Crippen LogP contribution is 2.28. The van der Waals surface area contributed by atoms with Crippen molar-refractivity contribution in [1.29, 1.82) is 0 Å². The Morgan fingerprint density at radius 3 is 2.88 bits per heavy atom. The zero-order valence-electron chi connectivity index (χ0n) is 9.07. The van der Waals surface area contributed by atoms with Crippen molar-refractivity contribution in [2.24, 2.45) is 4.99 Å². The van der Waals surface area contributed by atoms with Crippen molar-refractivity contribution >= 4 is 5.90 Å². The number of hydrogen-bond acceptors (Lipinski definition) is 7. The van der Waals surface area contributed by atoms with E-state index in [4.69, 9.17) is 24.4 Å². The Morgan fingerprint density at radius 2 is 2.25 bits per heavy atom. The van der Waals surface area contributed by atoms with Crippen LogP contribution in [-0.2, 0) is 19.2 Å². The number of nitrogens with zero attached hydrogens (tertiary/aromatic N) is 1. The molecular weight excluding hydrogens is 218 g/mol. The molecule has 2 rings (SSSR count). The van der Waals surface area contributed by atoms with E-state index in [0.29, 0.717) is 5.90 Å². The smallest absolute Gasteiger partial charge is 0.228 e. The van der Waals surface area contributed by atoms with E-state index in [1.165, 1.54) is 7.11 Å². The lowest BCUT2D eigenvalue weighted by Crippen LogP contribution is -2.60. The molecule has 0 aliphatic carbocycles. The van der Waals surface area contributed by atoms with Gasteiger partial charge in [0.1, 0.15) is 24.4 Å². The molecule has 0 unspecified atom stereocenters. The number of aliphatic imine (C=N–C) groups is 1. The Bertz CT molecular complexity index is 283. The summed E-state index contributed by atoms with van der Waals surface area (Å²) in [4.78, 5) is 13.7. The zero-order chi connectivity index (χ0) is 11.7. The summed E-state index contributed by atoms with van der Waals surface area (Å²) >= 11 is 0. The van der Waals surface area contributed by atoms with E-state index in [0.717, 1.165) is 0 Å². The van der Waals surface area contributed by atoms with Gasteiger partial charge in [0.05, 0.1) is 6.61 Å². The number of aliphatic hydroxyl groups is 2. The van der Waals surface area contributed by atoms with E-state index < -0.39 is 30.6 Å². The first-order valence-corrected chi connectivity index (χ1v) is 5.02. The van der Waals surface area contributed by atoms with Gasteiger partial charge in [0.2, 0.25) is 12.2 Å². The van der Waals surface area contributed by atoms with Crippen LogP contribution in [0.1, 0.15) is 6.92 Å². The normalized spacial score (nSPS) is 43.2. The summed E-state index contributed by atoms with van der Waals surface area (Å²) < 4.78 is 10.5. The first kappa shape index (κ1) is 11.7. The van der Waals surface area contributed by atoms with Crippen molar-refractivity contribution in [3.8, 4) is 0 Å². The van der Waals surface area contributed by atoms with Gasteiger partial charge in [-0.15, -0.1) is 0 Å². The third-order valence-electron chi connectivity index (χ3n) is 2.69. The average Bonchev–Trinajstić information content (AvgIpc) is 2.29. The van der Waals surface area contributed by atoms with Gasteiger partial charge < -0.3 is 24.6 Å². The number of fused-ring (bicyclic) bond motifs is 1. The van der Waals surface area contributed by atoms with Gasteiger partial charge in [0, 0.05) is 14.0 Å². The molecule has 2 aliphatic heterocycles. The van der Waals surface area contributed by atoms with Crippen molar-refractivity contribution in [3.63, 3.8) is 0 Å². The van der Waals surface area contributed by atoms with E-state index in [1.807, 2.05) is 0 Å². The van der Waals surface area contributed by atoms with Gasteiger partial charge in [-0.25, -0.2) is 4.99 Å². The van der Waals surface area contributed by atoms with Gasteiger partial charge in [-0.2, -0.15) is 4.89 Å². The van der Waals surface area contributed by atoms with E-state index in [2.05, 4.69) is 4.99 Å². The molecule has 7 nitrogen and oxygen atoms in total. The molecule has 92 valence electrons. The summed E-state index contributed by atoms with van der Waals surface area (Å²) in [6.07, 6.45) is -3.01. The largest absolute Gasteiger partial charge is 0.394 e. The Morgan fingerprint density at radius 1 is 1.50 bits per heavy atom. The van der Waals surface area contributed by atoms with Crippen LogP contribution in [0.2, 0.25) is 0 Å². The second-order valence-corrected chi connectivity index (χ2v) is 3.73. The summed E-state index contributed by atoms with van der Waals surface area (Å²) in [5, 5.41) is 19.1. The molecule has 1 fully saturated rings. The second kappa shape index (κ2) is 4.64. The summed E-state index contributed by atoms with van der Waals surface area (Å²) in [5.41, 5.74) is 0. The van der Waals surface area contributed by atoms with E-state index in [-0.39, 0.29) is 6.61 Å². The Kier molecular flexibility index (Phi) is 3.41. The standard InChI is InChI=1S/C9H15NO6/c1-4-10-6-7(12)8(13-2)5(3-11)14-9(6)16-15-4/h5-9,11-12H,3H2,1-2H3/t5-,6-,7-,8-,9-/m1/s1. The first-order valence-electron chi connectivity index (χ1n) is 5.02. The van der Waals surface area contributed by atoms with Crippen molar-refractivity contribution in [2.45, 2.75) is 37.6 Å². The van der Waals surface area contributed by atoms with Gasteiger partial charge in [-0.1, -0.05) is 0 Å². The Hall–Kier alpha value is -0.730. The van der Waals surface area contributed by atoms with Gasteiger partial charge in [0.15, 0.2) is 0 Å². The molecule has 0 amide bonds. The first-order chi connectivity index (χ1) is 7.67. The number of hydrogen-bond donors (Lipinski definition) is 2. The highest BCUT2D eigenvalue weighted by atomic mass is 17.2. The Balaban J connectivity index is 2.18. The molecule has 0 aromatic heterocycles. The molecule has 0 radical (unpaired) electrons. The molecule has 0 saturated carbocycles. The van der Waals surface area contributed by atoms with Crippen LogP contribution >= 0.6 is 0 Å². The summed E-state index contributed by atoms with van der Waals surface area (Å²) in [6.45, 7) is 1.34. The molecule has 1 saturated heterocycles. The van der Waals surface area contributed by atoms with Crippen LogP contribution < -0.4 is 0 Å². The maximum atomic E-state index is 10.0. The molecule has 0 bridgehead atoms. The minimum absolute atomic E-state index is 0.273. The predicted molar refractivity (Wildman–Crippen MR) is 51.6 cm³/mol. The van der Waals surface area contributed by atoms with Crippen LogP contribution in [0.15, 0.2) is 4.99 Å². The minimum atomic E-state index is -0.903. The van der Waals surface area contributed by atoms with Crippen LogP contribution in [0, 0.1) is 0 Å². The quantitative estimate of drug-likeness (QED) is 0.584. The third kappa shape index (κ3) is 1.92. The molecule has 0 aromatic carbocycles. The average molecular weight is 233 g/mol. The molecule has 7 heteroatoms. The lowest BCUT2D eigenvalue weighted by Gasteiger charge is -2.42. The number of rotatable bonds is 2. The highest BCUT2D eigenvalue weighted by Gasteiger charge is 2.48. The molecule has 0 aromatic rings. The van der Waals surface area contributed by atoms with Crippen LogP contribution in [0.25, 0.3) is 0 Å². The monoisotopic (exact) mass is 233 g/mol. The van der Waals surface area contributed by atoms with Crippen LogP contribution in [0.4, 0.5) is 0 Å². The van der Waals surface area contributed by atoms with Crippen molar-refractivity contribution in [2.75, 3.05) is 13.7 Å². The maximum absolute atomic E-state index is 10.0. The molecule has 2 heterocycles. The maximum Gasteiger partial charge on any atom is 0.228 e. The van der Waals surface area contributed by atoms with E-state index in [9.17, 15) is 5.11 Å². The summed E-state index contributed by atoms with van der Waals surface area (Å²) in [6, 6.07) is -0.596. The summed E-state index contributed by atoms with van der Waals surface area (Å²) in [5.74, 6) is 0.321. The predicted octanol–water partition coefficient (Wildman–Crippen LogP) is -1.17. The van der Waals surface area contributed by atoms with Crippen LogP contribution in [-0.4, -0.2) is 60.5 Å². The molecule has 16 heavy (non-hydrogen) atoms. The Labute approximate surface area is 92.5 Å². The van der Waals surface area contributed by atoms with Gasteiger partial charge in [-0.05, 0) is 0 Å². The second-order valence-electron chi connectivity index (χ2n) is 3.73. The van der Waals surface area contributed by atoms with Crippen molar-refractivity contribution in [3.05, 3.63) is 0 Å². The lowest BCUT2D eigenvalue weighted by atomic mass is 9.97. The van der Waals surface area contributed by atoms with Gasteiger partial charge in [-0.3, -0.25) is 0 Å². The topological polar surface area (TPSA) is 89.7 Å². The van der Waals surface area contributed by atoms with Crippen LogP contribution in [0.3, 0.4) is 0 Å². The van der Waals surface area contributed by atoms with Crippen molar-refractivity contribution < 1.29 is 29.5 Å². The highest BCUT2D eigenvalue weighted by molar-refractivity contribution is 5.73. The SMILES string of the molecule is CO[C@H]1[C@H](O)[C@H]2N=C(C)OO[C@H]2O[C@@H]1CO. The van der Waals surface area contributed by atoms with E-state index in [1.54, 1.807) is 6.92 Å². The van der Waals surface area contributed by atoms with Gasteiger partial charge in [0.25, 0.3) is 0 Å². The third-order valence-corrected chi connectivity index (χ3v) is 2.69. The van der Waals surface area contributed by atoms with Crippen molar-refractivity contribution in [1.82, 2.24) is 0 Å². The lowest BCUT2D eigenvalue weighted by molar-refractivity contribution is -0.383. The van der Waals surface area contributed by atoms with Gasteiger partial charge >= 0.3 is 0 Å². The molecule has 0 spiro atoms. The number of methoxy groups -OCH3 is 1. The molecule has 5 atom stereocenters. The fourth-order valence-corrected chi connectivity index (χ4v) is 1.91. The zero-order valence-corrected chi connectivity index (χ0v) is 9.07. The molecular formula is C9H15NO6. The molecule has 2 N–H and O–H groups in total. The van der Waals surface area contributed by atoms with Crippen LogP contribution in [0.5, 0.6) is 0 Å². The molecule has 2 aliphatic rings. The number of aliphatic hydroxyl groups excluding tert-OH is 2.